The van der Waals surface area contributed by atoms with E-state index < -0.39 is 10.0 Å². The molecular formula is C14H16N2O2S2. The van der Waals surface area contributed by atoms with Gasteiger partial charge in [-0.2, -0.15) is 4.31 Å². The fourth-order valence-electron chi connectivity index (χ4n) is 2.36. The first kappa shape index (κ1) is 13.6. The van der Waals surface area contributed by atoms with Crippen molar-refractivity contribution in [3.05, 3.63) is 45.6 Å². The van der Waals surface area contributed by atoms with Crippen LogP contribution in [0.5, 0.6) is 0 Å². The SMILES string of the molecule is Cc1ccc(S(=O)(=O)N2CCc3sccc3C2)cc1N. The lowest BCUT2D eigenvalue weighted by molar-refractivity contribution is 0.394. The van der Waals surface area contributed by atoms with Gasteiger partial charge in [0.25, 0.3) is 0 Å². The average Bonchev–Trinajstić information content (AvgIpc) is 2.89. The van der Waals surface area contributed by atoms with Crippen molar-refractivity contribution in [1.82, 2.24) is 4.31 Å². The third-order valence-corrected chi connectivity index (χ3v) is 6.53. The Labute approximate surface area is 122 Å². The molecule has 0 unspecified atom stereocenters. The van der Waals surface area contributed by atoms with E-state index >= 15 is 0 Å². The van der Waals surface area contributed by atoms with Gasteiger partial charge in [-0.25, -0.2) is 8.42 Å². The first-order valence-corrected chi connectivity index (χ1v) is 8.72. The Kier molecular flexibility index (Phi) is 3.32. The second kappa shape index (κ2) is 4.87. The monoisotopic (exact) mass is 308 g/mol. The van der Waals surface area contributed by atoms with Crippen molar-refractivity contribution in [2.24, 2.45) is 0 Å². The lowest BCUT2D eigenvalue weighted by Crippen LogP contribution is -2.35. The van der Waals surface area contributed by atoms with Gasteiger partial charge < -0.3 is 5.73 Å². The standard InChI is InChI=1S/C14H16N2O2S2/c1-10-2-3-12(8-13(10)15)20(17,18)16-6-4-14-11(9-16)5-7-19-14/h2-3,5,7-8H,4,6,9,15H2,1H3. The molecule has 1 aromatic heterocycles. The zero-order chi connectivity index (χ0) is 14.3. The smallest absolute Gasteiger partial charge is 0.243 e. The molecule has 3 rings (SSSR count). The van der Waals surface area contributed by atoms with Crippen molar-refractivity contribution < 1.29 is 8.42 Å². The zero-order valence-electron chi connectivity index (χ0n) is 11.2. The van der Waals surface area contributed by atoms with E-state index in [1.807, 2.05) is 18.4 Å². The van der Waals surface area contributed by atoms with Gasteiger partial charge in [-0.3, -0.25) is 0 Å². The van der Waals surface area contributed by atoms with E-state index in [4.69, 9.17) is 5.73 Å². The van der Waals surface area contributed by atoms with Crippen molar-refractivity contribution in [3.8, 4) is 0 Å². The van der Waals surface area contributed by atoms with E-state index in [1.165, 1.54) is 9.18 Å². The quantitative estimate of drug-likeness (QED) is 0.866. The van der Waals surface area contributed by atoms with Crippen molar-refractivity contribution in [2.75, 3.05) is 12.3 Å². The highest BCUT2D eigenvalue weighted by Gasteiger charge is 2.28. The minimum Gasteiger partial charge on any atom is -0.398 e. The number of thiophene rings is 1. The maximum Gasteiger partial charge on any atom is 0.243 e. The summed E-state index contributed by atoms with van der Waals surface area (Å²) in [4.78, 5) is 1.57. The number of rotatable bonds is 2. The Morgan fingerprint density at radius 2 is 2.10 bits per heavy atom. The third kappa shape index (κ3) is 2.24. The predicted octanol–water partition coefficient (Wildman–Crippen LogP) is 2.39. The molecule has 1 aliphatic heterocycles. The van der Waals surface area contributed by atoms with Gasteiger partial charge in [0.2, 0.25) is 10.0 Å². The van der Waals surface area contributed by atoms with Crippen LogP contribution in [0.1, 0.15) is 16.0 Å². The summed E-state index contributed by atoms with van der Waals surface area (Å²) in [5, 5.41) is 2.02. The maximum atomic E-state index is 12.7. The molecule has 0 aliphatic carbocycles. The predicted molar refractivity (Wildman–Crippen MR) is 81.2 cm³/mol. The van der Waals surface area contributed by atoms with Crippen LogP contribution in [0.15, 0.2) is 34.5 Å². The molecule has 0 fully saturated rings. The van der Waals surface area contributed by atoms with Gasteiger partial charge in [-0.1, -0.05) is 6.07 Å². The van der Waals surface area contributed by atoms with Gasteiger partial charge in [0, 0.05) is 23.7 Å². The maximum absolute atomic E-state index is 12.7. The molecule has 106 valence electrons. The largest absolute Gasteiger partial charge is 0.398 e. The average molecular weight is 308 g/mol. The van der Waals surface area contributed by atoms with Crippen LogP contribution in [0.3, 0.4) is 0 Å². The van der Waals surface area contributed by atoms with Crippen molar-refractivity contribution in [1.29, 1.82) is 0 Å². The summed E-state index contributed by atoms with van der Waals surface area (Å²) in [7, 11) is -3.46. The van der Waals surface area contributed by atoms with E-state index in [2.05, 4.69) is 0 Å². The van der Waals surface area contributed by atoms with E-state index in [1.54, 1.807) is 29.5 Å². The van der Waals surface area contributed by atoms with Gasteiger partial charge in [0.1, 0.15) is 0 Å². The van der Waals surface area contributed by atoms with E-state index in [9.17, 15) is 8.42 Å². The summed E-state index contributed by atoms with van der Waals surface area (Å²) >= 11 is 1.70. The summed E-state index contributed by atoms with van der Waals surface area (Å²) in [6, 6.07) is 6.94. The highest BCUT2D eigenvalue weighted by atomic mass is 32.2. The Balaban J connectivity index is 1.95. The number of hydrogen-bond donors (Lipinski definition) is 1. The fraction of sp³-hybridized carbons (Fsp3) is 0.286. The van der Waals surface area contributed by atoms with Crippen molar-refractivity contribution >= 4 is 27.0 Å². The van der Waals surface area contributed by atoms with Crippen LogP contribution >= 0.6 is 11.3 Å². The van der Waals surface area contributed by atoms with Crippen LogP contribution in [-0.4, -0.2) is 19.3 Å². The number of nitrogens with two attached hydrogens (primary N) is 1. The Bertz CT molecular complexity index is 750. The van der Waals surface area contributed by atoms with Crippen molar-refractivity contribution in [2.45, 2.75) is 24.8 Å². The Morgan fingerprint density at radius 1 is 1.30 bits per heavy atom. The molecule has 1 aromatic carbocycles. The Hall–Kier alpha value is -1.37. The number of benzene rings is 1. The first-order valence-electron chi connectivity index (χ1n) is 6.40. The first-order chi connectivity index (χ1) is 9.48. The minimum atomic E-state index is -3.46. The molecule has 0 saturated carbocycles. The number of hydrogen-bond acceptors (Lipinski definition) is 4. The van der Waals surface area contributed by atoms with Crippen LogP contribution in [0.25, 0.3) is 0 Å². The summed E-state index contributed by atoms with van der Waals surface area (Å²) in [6.07, 6.45) is 0.785. The number of sulfonamides is 1. The molecule has 1 aliphatic rings. The highest BCUT2D eigenvalue weighted by molar-refractivity contribution is 7.89. The number of anilines is 1. The molecule has 0 saturated heterocycles. The molecule has 20 heavy (non-hydrogen) atoms. The van der Waals surface area contributed by atoms with Crippen LogP contribution < -0.4 is 5.73 Å². The second-order valence-electron chi connectivity index (χ2n) is 4.98. The summed E-state index contributed by atoms with van der Waals surface area (Å²) < 4.78 is 26.8. The van der Waals surface area contributed by atoms with Gasteiger partial charge >= 0.3 is 0 Å². The third-order valence-electron chi connectivity index (χ3n) is 3.66. The molecule has 0 radical (unpaired) electrons. The van der Waals surface area contributed by atoms with E-state index in [0.717, 1.165) is 17.5 Å². The van der Waals surface area contributed by atoms with Gasteiger partial charge in [-0.15, -0.1) is 11.3 Å². The molecule has 4 nitrogen and oxygen atoms in total. The van der Waals surface area contributed by atoms with Crippen molar-refractivity contribution in [3.63, 3.8) is 0 Å². The van der Waals surface area contributed by atoms with E-state index in [-0.39, 0.29) is 4.90 Å². The molecule has 2 aromatic rings. The molecule has 0 atom stereocenters. The summed E-state index contributed by atoms with van der Waals surface area (Å²) in [5.41, 5.74) is 8.35. The number of nitrogens with zero attached hydrogens (tertiary/aromatic N) is 1. The van der Waals surface area contributed by atoms with Crippen LogP contribution in [0, 0.1) is 6.92 Å². The van der Waals surface area contributed by atoms with Gasteiger partial charge in [0.05, 0.1) is 4.90 Å². The summed E-state index contributed by atoms with van der Waals surface area (Å²) in [6.45, 7) is 2.85. The molecule has 0 spiro atoms. The van der Waals surface area contributed by atoms with E-state index in [0.29, 0.717) is 18.8 Å². The normalized spacial score (nSPS) is 16.1. The molecule has 2 heterocycles. The fourth-order valence-corrected chi connectivity index (χ4v) is 4.70. The number of aryl methyl sites for hydroxylation is 1. The zero-order valence-corrected chi connectivity index (χ0v) is 12.8. The second-order valence-corrected chi connectivity index (χ2v) is 7.91. The number of fused-ring (bicyclic) bond motifs is 1. The topological polar surface area (TPSA) is 63.4 Å². The van der Waals surface area contributed by atoms with Crippen LogP contribution in [0.4, 0.5) is 5.69 Å². The number of nitrogen functional groups attached to an aromatic ring is 1. The Morgan fingerprint density at radius 3 is 2.85 bits per heavy atom. The van der Waals surface area contributed by atoms with Gasteiger partial charge in [0.15, 0.2) is 0 Å². The van der Waals surface area contributed by atoms with Crippen LogP contribution in [0.2, 0.25) is 0 Å². The molecule has 0 amide bonds. The van der Waals surface area contributed by atoms with Gasteiger partial charge in [-0.05, 0) is 48.1 Å². The minimum absolute atomic E-state index is 0.277. The highest BCUT2D eigenvalue weighted by Crippen LogP contribution is 2.29. The molecule has 6 heteroatoms. The lowest BCUT2D eigenvalue weighted by atomic mass is 10.1. The lowest BCUT2D eigenvalue weighted by Gasteiger charge is -2.26. The molecule has 2 N–H and O–H groups in total. The molecule has 0 bridgehead atoms. The summed E-state index contributed by atoms with van der Waals surface area (Å²) in [5.74, 6) is 0. The van der Waals surface area contributed by atoms with Crippen LogP contribution in [-0.2, 0) is 23.0 Å². The molecular weight excluding hydrogens is 292 g/mol.